The fraction of sp³-hybridized carbons (Fsp3) is 0.588. The molecule has 1 atom stereocenters. The summed E-state index contributed by atoms with van der Waals surface area (Å²) in [5.41, 5.74) is 1.55. The molecule has 1 unspecified atom stereocenters. The second-order valence-corrected chi connectivity index (χ2v) is 6.37. The van der Waals surface area contributed by atoms with Crippen molar-refractivity contribution in [2.24, 2.45) is 0 Å². The number of hydrogen-bond donors (Lipinski definition) is 3. The second kappa shape index (κ2) is 7.49. The molecule has 0 aliphatic heterocycles. The lowest BCUT2D eigenvalue weighted by molar-refractivity contribution is -0.125. The Labute approximate surface area is 132 Å². The number of phenols is 1. The molecule has 1 aliphatic carbocycles. The number of anilines is 1. The van der Waals surface area contributed by atoms with Crippen molar-refractivity contribution in [1.82, 2.24) is 10.2 Å². The normalized spacial score (nSPS) is 17.3. The van der Waals surface area contributed by atoms with Gasteiger partial charge >= 0.3 is 0 Å². The van der Waals surface area contributed by atoms with Crippen molar-refractivity contribution in [3.63, 3.8) is 0 Å². The predicted octanol–water partition coefficient (Wildman–Crippen LogP) is 2.45. The third kappa shape index (κ3) is 4.37. The maximum Gasteiger partial charge on any atom is 0.257 e. The average molecular weight is 305 g/mol. The molecule has 0 aromatic heterocycles. The van der Waals surface area contributed by atoms with Gasteiger partial charge in [-0.2, -0.15) is 0 Å². The number of likely N-dealkylation sites (N-methyl/N-ethyl adjacent to an activating group) is 1. The van der Waals surface area contributed by atoms with Crippen LogP contribution in [0.2, 0.25) is 0 Å². The summed E-state index contributed by atoms with van der Waals surface area (Å²) in [6.45, 7) is 1.92. The number of carbonyl (C=O) groups excluding carboxylic acids is 1. The lowest BCUT2D eigenvalue weighted by Crippen LogP contribution is -2.51. The van der Waals surface area contributed by atoms with Gasteiger partial charge in [0, 0.05) is 6.04 Å². The Balaban J connectivity index is 2.03. The standard InChI is InChI=1S/C17H27N3O2/c1-12-9-10-14(15(21)11-12)19-16(20(2)3)17(22)18-13-7-5-4-6-8-13/h9-11,13,16,19,21H,4-8H2,1-3H3,(H,18,22). The number of carbonyl (C=O) groups is 1. The van der Waals surface area contributed by atoms with Gasteiger partial charge in [-0.05, 0) is 51.6 Å². The van der Waals surface area contributed by atoms with Gasteiger partial charge in [0.05, 0.1) is 5.69 Å². The Morgan fingerprint density at radius 3 is 2.55 bits per heavy atom. The van der Waals surface area contributed by atoms with Crippen molar-refractivity contribution in [2.75, 3.05) is 19.4 Å². The van der Waals surface area contributed by atoms with E-state index in [2.05, 4.69) is 10.6 Å². The Kier molecular flexibility index (Phi) is 5.66. The van der Waals surface area contributed by atoms with Crippen LogP contribution in [0.15, 0.2) is 18.2 Å². The second-order valence-electron chi connectivity index (χ2n) is 6.37. The van der Waals surface area contributed by atoms with Gasteiger partial charge in [-0.15, -0.1) is 0 Å². The number of aromatic hydroxyl groups is 1. The summed E-state index contributed by atoms with van der Waals surface area (Å²) in [6, 6.07) is 5.67. The lowest BCUT2D eigenvalue weighted by Gasteiger charge is -2.29. The third-order valence-electron chi connectivity index (χ3n) is 4.16. The highest BCUT2D eigenvalue weighted by molar-refractivity contribution is 5.85. The van der Waals surface area contributed by atoms with Crippen LogP contribution in [0.3, 0.4) is 0 Å². The van der Waals surface area contributed by atoms with E-state index in [1.807, 2.05) is 32.0 Å². The molecule has 1 amide bonds. The highest BCUT2D eigenvalue weighted by Crippen LogP contribution is 2.25. The number of nitrogens with one attached hydrogen (secondary N) is 2. The van der Waals surface area contributed by atoms with Gasteiger partial charge < -0.3 is 15.7 Å². The Morgan fingerprint density at radius 1 is 1.27 bits per heavy atom. The van der Waals surface area contributed by atoms with Crippen LogP contribution in [-0.4, -0.2) is 42.2 Å². The molecule has 0 radical (unpaired) electrons. The highest BCUT2D eigenvalue weighted by Gasteiger charge is 2.24. The highest BCUT2D eigenvalue weighted by atomic mass is 16.3. The quantitative estimate of drug-likeness (QED) is 0.577. The molecule has 5 heteroatoms. The van der Waals surface area contributed by atoms with E-state index in [0.717, 1.165) is 18.4 Å². The summed E-state index contributed by atoms with van der Waals surface area (Å²) >= 11 is 0. The topological polar surface area (TPSA) is 64.6 Å². The Morgan fingerprint density at radius 2 is 1.95 bits per heavy atom. The molecule has 3 N–H and O–H groups in total. The molecule has 1 saturated carbocycles. The molecular weight excluding hydrogens is 278 g/mol. The Hall–Kier alpha value is -1.75. The number of nitrogens with zero attached hydrogens (tertiary/aromatic N) is 1. The maximum atomic E-state index is 12.5. The van der Waals surface area contributed by atoms with Crippen molar-refractivity contribution in [2.45, 2.75) is 51.2 Å². The van der Waals surface area contributed by atoms with E-state index in [0.29, 0.717) is 5.69 Å². The SMILES string of the molecule is Cc1ccc(NC(C(=O)NC2CCCCC2)N(C)C)c(O)c1. The number of amides is 1. The molecule has 0 spiro atoms. The minimum absolute atomic E-state index is 0.0446. The summed E-state index contributed by atoms with van der Waals surface area (Å²) < 4.78 is 0. The van der Waals surface area contributed by atoms with Gasteiger partial charge in [0.2, 0.25) is 0 Å². The first-order valence-corrected chi connectivity index (χ1v) is 8.00. The predicted molar refractivity (Wildman–Crippen MR) is 89.0 cm³/mol. The van der Waals surface area contributed by atoms with E-state index in [4.69, 9.17) is 0 Å². The third-order valence-corrected chi connectivity index (χ3v) is 4.16. The van der Waals surface area contributed by atoms with Gasteiger partial charge in [0.25, 0.3) is 5.91 Å². The van der Waals surface area contributed by atoms with Crippen LogP contribution in [0, 0.1) is 6.92 Å². The number of aryl methyl sites for hydroxylation is 1. The van der Waals surface area contributed by atoms with Crippen molar-refractivity contribution < 1.29 is 9.90 Å². The molecule has 0 heterocycles. The van der Waals surface area contributed by atoms with Crippen LogP contribution in [0.1, 0.15) is 37.7 Å². The number of benzene rings is 1. The zero-order chi connectivity index (χ0) is 16.1. The largest absolute Gasteiger partial charge is 0.506 e. The molecule has 1 aliphatic rings. The number of phenolic OH excluding ortho intramolecular Hbond substituents is 1. The van der Waals surface area contributed by atoms with E-state index in [9.17, 15) is 9.90 Å². The van der Waals surface area contributed by atoms with Crippen LogP contribution >= 0.6 is 0 Å². The van der Waals surface area contributed by atoms with Crippen molar-refractivity contribution in [3.05, 3.63) is 23.8 Å². The zero-order valence-corrected chi connectivity index (χ0v) is 13.7. The fourth-order valence-electron chi connectivity index (χ4n) is 2.87. The van der Waals surface area contributed by atoms with Crippen molar-refractivity contribution in [3.8, 4) is 5.75 Å². The smallest absolute Gasteiger partial charge is 0.257 e. The van der Waals surface area contributed by atoms with Crippen LogP contribution in [-0.2, 0) is 4.79 Å². The van der Waals surface area contributed by atoms with Gasteiger partial charge in [-0.1, -0.05) is 25.3 Å². The van der Waals surface area contributed by atoms with Crippen molar-refractivity contribution >= 4 is 11.6 Å². The summed E-state index contributed by atoms with van der Waals surface area (Å²) in [4.78, 5) is 14.4. The summed E-state index contributed by atoms with van der Waals surface area (Å²) in [5, 5.41) is 16.3. The molecule has 0 bridgehead atoms. The van der Waals surface area contributed by atoms with Crippen LogP contribution in [0.4, 0.5) is 5.69 Å². The van der Waals surface area contributed by atoms with Gasteiger partial charge in [-0.3, -0.25) is 9.69 Å². The zero-order valence-electron chi connectivity index (χ0n) is 13.7. The van der Waals surface area contributed by atoms with E-state index >= 15 is 0 Å². The summed E-state index contributed by atoms with van der Waals surface area (Å²) in [5.74, 6) is 0.120. The maximum absolute atomic E-state index is 12.5. The van der Waals surface area contributed by atoms with E-state index in [1.165, 1.54) is 19.3 Å². The Bertz CT molecular complexity index is 511. The van der Waals surface area contributed by atoms with E-state index in [-0.39, 0.29) is 17.7 Å². The molecule has 5 nitrogen and oxygen atoms in total. The van der Waals surface area contributed by atoms with Crippen LogP contribution < -0.4 is 10.6 Å². The minimum atomic E-state index is -0.504. The molecule has 1 fully saturated rings. The summed E-state index contributed by atoms with van der Waals surface area (Å²) in [6.07, 6.45) is 5.24. The molecule has 22 heavy (non-hydrogen) atoms. The fourth-order valence-corrected chi connectivity index (χ4v) is 2.87. The van der Waals surface area contributed by atoms with Crippen molar-refractivity contribution in [1.29, 1.82) is 0 Å². The molecule has 122 valence electrons. The lowest BCUT2D eigenvalue weighted by atomic mass is 9.95. The molecule has 1 aromatic carbocycles. The van der Waals surface area contributed by atoms with Crippen LogP contribution in [0.5, 0.6) is 5.75 Å². The molecular formula is C17H27N3O2. The first kappa shape index (κ1) is 16.6. The minimum Gasteiger partial charge on any atom is -0.506 e. The first-order valence-electron chi connectivity index (χ1n) is 8.00. The van der Waals surface area contributed by atoms with E-state index < -0.39 is 6.17 Å². The summed E-state index contributed by atoms with van der Waals surface area (Å²) in [7, 11) is 3.70. The molecule has 0 saturated heterocycles. The molecule has 2 rings (SSSR count). The average Bonchev–Trinajstić information content (AvgIpc) is 2.47. The first-order chi connectivity index (χ1) is 10.5. The number of rotatable bonds is 5. The van der Waals surface area contributed by atoms with E-state index in [1.54, 1.807) is 12.1 Å². The van der Waals surface area contributed by atoms with Gasteiger partial charge in [0.15, 0.2) is 6.17 Å². The van der Waals surface area contributed by atoms with Gasteiger partial charge in [0.1, 0.15) is 5.75 Å². The monoisotopic (exact) mass is 305 g/mol. The molecule has 1 aromatic rings. The number of hydrogen-bond acceptors (Lipinski definition) is 4. The van der Waals surface area contributed by atoms with Crippen LogP contribution in [0.25, 0.3) is 0 Å². The van der Waals surface area contributed by atoms with Gasteiger partial charge in [-0.25, -0.2) is 0 Å².